The average molecular weight is 330 g/mol. The second-order valence-corrected chi connectivity index (χ2v) is 7.40. The molecule has 122 valence electrons. The molecule has 0 amide bonds. The fraction of sp³-hybridized carbons (Fsp3) is 0.368. The summed E-state index contributed by atoms with van der Waals surface area (Å²) in [6.07, 6.45) is 9.07. The van der Waals surface area contributed by atoms with Gasteiger partial charge in [0.05, 0.1) is 0 Å². The van der Waals surface area contributed by atoms with Gasteiger partial charge in [-0.1, -0.05) is 65.9 Å². The number of thioether (sulfide) groups is 1. The topological polar surface area (TPSA) is 43.4 Å². The van der Waals surface area contributed by atoms with Crippen molar-refractivity contribution in [3.05, 3.63) is 59.7 Å². The predicted molar refractivity (Wildman–Crippen MR) is 94.0 cm³/mol. The molecule has 4 heteroatoms. The quantitative estimate of drug-likeness (QED) is 0.749. The van der Waals surface area contributed by atoms with Gasteiger partial charge in [-0.15, -0.1) is 0 Å². The van der Waals surface area contributed by atoms with E-state index in [1.807, 2.05) is 42.5 Å². The summed E-state index contributed by atoms with van der Waals surface area (Å²) in [5.74, 6) is -0.381. The van der Waals surface area contributed by atoms with Gasteiger partial charge in [-0.2, -0.15) is 0 Å². The third-order valence-corrected chi connectivity index (χ3v) is 4.60. The summed E-state index contributed by atoms with van der Waals surface area (Å²) in [5, 5.41) is -0.0965. The van der Waals surface area contributed by atoms with Crippen molar-refractivity contribution < 1.29 is 14.3 Å². The number of allylic oxidation sites excluding steroid dienone is 3. The highest BCUT2D eigenvalue weighted by molar-refractivity contribution is 8.15. The Balaban J connectivity index is 2.12. The molecule has 0 heterocycles. The second-order valence-electron chi connectivity index (χ2n) is 5.78. The van der Waals surface area contributed by atoms with Crippen molar-refractivity contribution in [3.8, 4) is 0 Å². The third-order valence-electron chi connectivity index (χ3n) is 3.60. The molecule has 0 bridgehead atoms. The Morgan fingerprint density at radius 2 is 2.04 bits per heavy atom. The predicted octanol–water partition coefficient (Wildman–Crippen LogP) is 4.43. The molecule has 0 aliphatic heterocycles. The van der Waals surface area contributed by atoms with E-state index in [2.05, 4.69) is 6.08 Å². The first-order valence-electron chi connectivity index (χ1n) is 7.78. The Morgan fingerprint density at radius 1 is 1.30 bits per heavy atom. The van der Waals surface area contributed by atoms with Crippen LogP contribution in [0.4, 0.5) is 0 Å². The molecule has 2 rings (SSSR count). The monoisotopic (exact) mass is 330 g/mol. The fourth-order valence-electron chi connectivity index (χ4n) is 2.51. The van der Waals surface area contributed by atoms with E-state index in [-0.39, 0.29) is 17.7 Å². The maximum atomic E-state index is 12.6. The normalized spacial score (nSPS) is 18.4. The van der Waals surface area contributed by atoms with Crippen molar-refractivity contribution in [1.29, 1.82) is 0 Å². The standard InChI is InChI=1S/C19H22O3S/c1-15(20)23-19(2,13-16-9-5-3-6-10-16)18(21)22-14-17-11-7-4-8-12-17/h4-5,7-9,11-13H,3,6,10,14H2,1-2H3/b16-13-/t19-/m1/s1. The highest BCUT2D eigenvalue weighted by Crippen LogP contribution is 2.32. The molecule has 0 saturated carbocycles. The van der Waals surface area contributed by atoms with E-state index in [0.29, 0.717) is 0 Å². The van der Waals surface area contributed by atoms with E-state index >= 15 is 0 Å². The number of ether oxygens (including phenoxy) is 1. The summed E-state index contributed by atoms with van der Waals surface area (Å²) in [6, 6.07) is 9.54. The average Bonchev–Trinajstić information content (AvgIpc) is 2.53. The minimum atomic E-state index is -0.988. The van der Waals surface area contributed by atoms with E-state index in [4.69, 9.17) is 4.74 Å². The van der Waals surface area contributed by atoms with Gasteiger partial charge in [0, 0.05) is 6.92 Å². The lowest BCUT2D eigenvalue weighted by Gasteiger charge is -2.24. The number of esters is 1. The number of carbonyl (C=O) groups excluding carboxylic acids is 2. The molecule has 1 aliphatic rings. The molecule has 0 radical (unpaired) electrons. The van der Waals surface area contributed by atoms with E-state index in [0.717, 1.165) is 42.2 Å². The zero-order chi connectivity index (χ0) is 16.7. The number of rotatable bonds is 5. The van der Waals surface area contributed by atoms with Crippen LogP contribution in [0.1, 0.15) is 38.7 Å². The first-order chi connectivity index (χ1) is 11.0. The number of hydrogen-bond donors (Lipinski definition) is 0. The van der Waals surface area contributed by atoms with Crippen molar-refractivity contribution in [2.75, 3.05) is 0 Å². The Morgan fingerprint density at radius 3 is 2.65 bits per heavy atom. The van der Waals surface area contributed by atoms with Gasteiger partial charge in [0.1, 0.15) is 11.4 Å². The largest absolute Gasteiger partial charge is 0.460 e. The molecule has 1 aromatic carbocycles. The smallest absolute Gasteiger partial charge is 0.326 e. The van der Waals surface area contributed by atoms with Crippen molar-refractivity contribution in [1.82, 2.24) is 0 Å². The maximum absolute atomic E-state index is 12.6. The van der Waals surface area contributed by atoms with Crippen LogP contribution in [-0.4, -0.2) is 15.8 Å². The van der Waals surface area contributed by atoms with Crippen molar-refractivity contribution in [2.45, 2.75) is 44.5 Å². The Labute approximate surface area is 141 Å². The summed E-state index contributed by atoms with van der Waals surface area (Å²) in [5.41, 5.74) is 2.02. The molecule has 0 N–H and O–H groups in total. The lowest BCUT2D eigenvalue weighted by Crippen LogP contribution is -2.33. The van der Waals surface area contributed by atoms with Gasteiger partial charge in [0.25, 0.3) is 0 Å². The van der Waals surface area contributed by atoms with Gasteiger partial charge in [-0.05, 0) is 31.7 Å². The lowest BCUT2D eigenvalue weighted by atomic mass is 9.98. The minimum absolute atomic E-state index is 0.0965. The van der Waals surface area contributed by atoms with Crippen molar-refractivity contribution >= 4 is 22.8 Å². The van der Waals surface area contributed by atoms with E-state index < -0.39 is 4.75 Å². The molecule has 1 aliphatic carbocycles. The van der Waals surface area contributed by atoms with Crippen LogP contribution < -0.4 is 0 Å². The summed E-state index contributed by atoms with van der Waals surface area (Å²) in [4.78, 5) is 24.2. The first-order valence-corrected chi connectivity index (χ1v) is 8.60. The SMILES string of the molecule is CC(=O)S[C@](C)(/C=C1/C=CCCC1)C(=O)OCc1ccccc1. The van der Waals surface area contributed by atoms with Crippen LogP contribution in [-0.2, 0) is 20.9 Å². The van der Waals surface area contributed by atoms with Gasteiger partial charge in [-0.25, -0.2) is 0 Å². The van der Waals surface area contributed by atoms with Crippen LogP contribution in [0.5, 0.6) is 0 Å². The van der Waals surface area contributed by atoms with Crippen LogP contribution in [0.3, 0.4) is 0 Å². The van der Waals surface area contributed by atoms with Gasteiger partial charge < -0.3 is 4.74 Å². The van der Waals surface area contributed by atoms with E-state index in [1.54, 1.807) is 6.92 Å². The molecule has 0 saturated heterocycles. The Hall–Kier alpha value is -1.81. The zero-order valence-electron chi connectivity index (χ0n) is 13.6. The molecule has 23 heavy (non-hydrogen) atoms. The van der Waals surface area contributed by atoms with Crippen LogP contribution in [0.15, 0.2) is 54.1 Å². The molecule has 3 nitrogen and oxygen atoms in total. The van der Waals surface area contributed by atoms with Gasteiger partial charge in [0.15, 0.2) is 5.12 Å². The van der Waals surface area contributed by atoms with E-state index in [1.165, 1.54) is 6.92 Å². The molecule has 1 atom stereocenters. The summed E-state index contributed by atoms with van der Waals surface area (Å²) >= 11 is 1.02. The van der Waals surface area contributed by atoms with Crippen LogP contribution in [0, 0.1) is 0 Å². The van der Waals surface area contributed by atoms with Crippen LogP contribution in [0.25, 0.3) is 0 Å². The van der Waals surface area contributed by atoms with Gasteiger partial charge >= 0.3 is 5.97 Å². The molecular weight excluding hydrogens is 308 g/mol. The maximum Gasteiger partial charge on any atom is 0.326 e. The van der Waals surface area contributed by atoms with Crippen molar-refractivity contribution in [3.63, 3.8) is 0 Å². The van der Waals surface area contributed by atoms with Gasteiger partial charge in [-0.3, -0.25) is 9.59 Å². The summed E-state index contributed by atoms with van der Waals surface area (Å²) in [6.45, 7) is 3.44. The number of carbonyl (C=O) groups is 2. The Bertz CT molecular complexity index is 619. The molecule has 0 spiro atoms. The van der Waals surface area contributed by atoms with Gasteiger partial charge in [0.2, 0.25) is 0 Å². The molecular formula is C19H22O3S. The summed E-state index contributed by atoms with van der Waals surface area (Å²) in [7, 11) is 0. The Kier molecular flexibility index (Phi) is 6.22. The van der Waals surface area contributed by atoms with Crippen LogP contribution >= 0.6 is 11.8 Å². The molecule has 0 unspecified atom stereocenters. The highest BCUT2D eigenvalue weighted by atomic mass is 32.2. The highest BCUT2D eigenvalue weighted by Gasteiger charge is 2.35. The molecule has 0 aromatic heterocycles. The minimum Gasteiger partial charge on any atom is -0.460 e. The molecule has 1 aromatic rings. The zero-order valence-corrected chi connectivity index (χ0v) is 14.4. The van der Waals surface area contributed by atoms with Crippen LogP contribution in [0.2, 0.25) is 0 Å². The molecule has 0 fully saturated rings. The first kappa shape index (κ1) is 17.5. The summed E-state index contributed by atoms with van der Waals surface area (Å²) < 4.78 is 4.47. The number of benzene rings is 1. The van der Waals surface area contributed by atoms with Crippen molar-refractivity contribution in [2.24, 2.45) is 0 Å². The van der Waals surface area contributed by atoms with E-state index in [9.17, 15) is 9.59 Å². The lowest BCUT2D eigenvalue weighted by molar-refractivity contribution is -0.146. The fourth-order valence-corrected chi connectivity index (χ4v) is 3.46. The second kappa shape index (κ2) is 8.16. The third kappa shape index (κ3) is 5.39. The number of hydrogen-bond acceptors (Lipinski definition) is 4.